The predicted molar refractivity (Wildman–Crippen MR) is 35.9 cm³/mol. The van der Waals surface area contributed by atoms with E-state index < -0.39 is 0 Å². The molecule has 3 N–H and O–H groups in total. The van der Waals surface area contributed by atoms with Crippen LogP contribution in [0.15, 0.2) is 0 Å². The zero-order chi connectivity index (χ0) is 4.83. The molecule has 3 heteroatoms. The summed E-state index contributed by atoms with van der Waals surface area (Å²) in [5, 5.41) is 2.97. The second-order valence-electron chi connectivity index (χ2n) is 0.893. The third-order valence-electron chi connectivity index (χ3n) is 0.416. The molecule has 0 atom stereocenters. The molecule has 0 rings (SSSR count). The molecule has 0 unspecified atom stereocenters. The molecule has 0 aliphatic heterocycles. The van der Waals surface area contributed by atoms with E-state index in [0.29, 0.717) is 6.67 Å². The minimum Gasteiger partial charge on any atom is -0.318 e. The largest absolute Gasteiger partial charge is 0.318 e. The van der Waals surface area contributed by atoms with Crippen LogP contribution < -0.4 is 11.1 Å². The highest BCUT2D eigenvalue weighted by molar-refractivity contribution is 14.1. The van der Waals surface area contributed by atoms with Gasteiger partial charge in [0.25, 0.3) is 0 Å². The van der Waals surface area contributed by atoms with Gasteiger partial charge in [-0.15, -0.1) is 0 Å². The average Bonchev–Trinajstić information content (AvgIpc) is 1.61. The van der Waals surface area contributed by atoms with Crippen molar-refractivity contribution in [3.63, 3.8) is 0 Å². The Kier molecular flexibility index (Phi) is 6.26. The van der Waals surface area contributed by atoms with E-state index in [9.17, 15) is 0 Å². The first-order chi connectivity index (χ1) is 2.91. The molecule has 0 fully saturated rings. The van der Waals surface area contributed by atoms with E-state index in [1.54, 1.807) is 0 Å². The minimum atomic E-state index is 0.600. The zero-order valence-electron chi connectivity index (χ0n) is 3.58. The summed E-state index contributed by atoms with van der Waals surface area (Å²) in [6, 6.07) is 0. The number of halogens is 1. The first kappa shape index (κ1) is 6.65. The molecule has 0 saturated carbocycles. The Bertz CT molecular complexity index is 20.8. The van der Waals surface area contributed by atoms with Crippen molar-refractivity contribution in [3.05, 3.63) is 0 Å². The van der Waals surface area contributed by atoms with Crippen LogP contribution in [0.4, 0.5) is 0 Å². The fourth-order valence-corrected chi connectivity index (χ4v) is 0.550. The predicted octanol–water partition coefficient (Wildman–Crippen LogP) is -0.0728. The van der Waals surface area contributed by atoms with Crippen LogP contribution in [0.25, 0.3) is 0 Å². The van der Waals surface area contributed by atoms with Gasteiger partial charge in [0, 0.05) is 17.6 Å². The van der Waals surface area contributed by atoms with Crippen molar-refractivity contribution in [3.8, 4) is 0 Å². The molecule has 0 aliphatic rings. The first-order valence-corrected chi connectivity index (χ1v) is 3.41. The van der Waals surface area contributed by atoms with Gasteiger partial charge < -0.3 is 11.1 Å². The molecular formula is C3H9IN2. The Labute approximate surface area is 51.6 Å². The zero-order valence-corrected chi connectivity index (χ0v) is 5.73. The Morgan fingerprint density at radius 3 is 2.50 bits per heavy atom. The van der Waals surface area contributed by atoms with Gasteiger partial charge in [-0.3, -0.25) is 0 Å². The smallest absolute Gasteiger partial charge is 0.0428 e. The van der Waals surface area contributed by atoms with E-state index in [1.807, 2.05) is 0 Å². The summed E-state index contributed by atoms with van der Waals surface area (Å²) in [4.78, 5) is 0. The van der Waals surface area contributed by atoms with Gasteiger partial charge >= 0.3 is 0 Å². The quantitative estimate of drug-likeness (QED) is 0.289. The highest BCUT2D eigenvalue weighted by Crippen LogP contribution is 1.72. The van der Waals surface area contributed by atoms with Crippen LogP contribution >= 0.6 is 22.6 Å². The van der Waals surface area contributed by atoms with E-state index >= 15 is 0 Å². The van der Waals surface area contributed by atoms with Gasteiger partial charge in [0.15, 0.2) is 0 Å². The highest BCUT2D eigenvalue weighted by Gasteiger charge is 1.72. The summed E-state index contributed by atoms with van der Waals surface area (Å²) in [6.07, 6.45) is 0. The molecule has 38 valence electrons. The molecule has 0 bridgehead atoms. The minimum absolute atomic E-state index is 0.600. The number of nitrogens with one attached hydrogen (secondary N) is 1. The van der Waals surface area contributed by atoms with Crippen LogP contribution in [0.2, 0.25) is 0 Å². The fraction of sp³-hybridized carbons (Fsp3) is 1.00. The fourth-order valence-electron chi connectivity index (χ4n) is 0.169. The lowest BCUT2D eigenvalue weighted by Gasteiger charge is -1.91. The summed E-state index contributed by atoms with van der Waals surface area (Å²) >= 11 is 2.29. The standard InChI is InChI=1S/C3H9IN2/c4-1-2-6-3-5/h6H,1-3,5H2. The Hall–Kier alpha value is 0.650. The summed E-state index contributed by atoms with van der Waals surface area (Å²) in [5.74, 6) is 0. The molecule has 0 saturated heterocycles. The molecule has 0 aromatic heterocycles. The Morgan fingerprint density at radius 1 is 1.67 bits per heavy atom. The van der Waals surface area contributed by atoms with Crippen LogP contribution in [0, 0.1) is 0 Å². The third-order valence-corrected chi connectivity index (χ3v) is 0.955. The molecule has 0 amide bonds. The molecular weight excluding hydrogens is 191 g/mol. The monoisotopic (exact) mass is 200 g/mol. The summed E-state index contributed by atoms with van der Waals surface area (Å²) in [5.41, 5.74) is 5.10. The van der Waals surface area contributed by atoms with E-state index in [4.69, 9.17) is 5.73 Å². The third kappa shape index (κ3) is 4.65. The van der Waals surface area contributed by atoms with Crippen LogP contribution in [0.5, 0.6) is 0 Å². The number of hydrogen-bond donors (Lipinski definition) is 2. The molecule has 0 aromatic rings. The molecule has 0 aromatic carbocycles. The van der Waals surface area contributed by atoms with E-state index in [-0.39, 0.29) is 0 Å². The number of rotatable bonds is 3. The second kappa shape index (κ2) is 5.65. The molecule has 2 nitrogen and oxygen atoms in total. The van der Waals surface area contributed by atoms with E-state index in [2.05, 4.69) is 27.9 Å². The molecule has 0 spiro atoms. The Morgan fingerprint density at radius 2 is 2.33 bits per heavy atom. The number of alkyl halides is 1. The summed E-state index contributed by atoms with van der Waals surface area (Å²) < 4.78 is 1.13. The lowest BCUT2D eigenvalue weighted by molar-refractivity contribution is 0.752. The summed E-state index contributed by atoms with van der Waals surface area (Å²) in [6.45, 7) is 1.63. The van der Waals surface area contributed by atoms with Crippen LogP contribution in [0.1, 0.15) is 0 Å². The van der Waals surface area contributed by atoms with E-state index in [1.165, 1.54) is 0 Å². The van der Waals surface area contributed by atoms with Crippen molar-refractivity contribution in [1.29, 1.82) is 0 Å². The Balaban J connectivity index is 2.34. The van der Waals surface area contributed by atoms with Crippen LogP contribution in [-0.4, -0.2) is 17.6 Å². The maximum atomic E-state index is 5.10. The van der Waals surface area contributed by atoms with Crippen molar-refractivity contribution in [2.75, 3.05) is 17.6 Å². The van der Waals surface area contributed by atoms with Crippen LogP contribution in [-0.2, 0) is 0 Å². The van der Waals surface area contributed by atoms with Gasteiger partial charge in [0.1, 0.15) is 0 Å². The number of nitrogens with two attached hydrogens (primary N) is 1. The van der Waals surface area contributed by atoms with E-state index in [0.717, 1.165) is 11.0 Å². The molecule has 6 heavy (non-hydrogen) atoms. The average molecular weight is 200 g/mol. The highest BCUT2D eigenvalue weighted by atomic mass is 127. The van der Waals surface area contributed by atoms with Gasteiger partial charge in [0.05, 0.1) is 0 Å². The van der Waals surface area contributed by atoms with Crippen LogP contribution in [0.3, 0.4) is 0 Å². The SMILES string of the molecule is NCNCCI. The lowest BCUT2D eigenvalue weighted by Crippen LogP contribution is -2.23. The normalized spacial score (nSPS) is 9.00. The van der Waals surface area contributed by atoms with Crippen molar-refractivity contribution in [1.82, 2.24) is 5.32 Å². The molecule has 0 heterocycles. The molecule has 0 aliphatic carbocycles. The maximum Gasteiger partial charge on any atom is 0.0428 e. The maximum absolute atomic E-state index is 5.10. The van der Waals surface area contributed by atoms with Gasteiger partial charge in [-0.25, -0.2) is 0 Å². The van der Waals surface area contributed by atoms with Gasteiger partial charge in [-0.1, -0.05) is 22.6 Å². The molecule has 0 radical (unpaired) electrons. The first-order valence-electron chi connectivity index (χ1n) is 1.88. The van der Waals surface area contributed by atoms with Crippen molar-refractivity contribution >= 4 is 22.6 Å². The van der Waals surface area contributed by atoms with Crippen molar-refractivity contribution < 1.29 is 0 Å². The van der Waals surface area contributed by atoms with Gasteiger partial charge in [-0.05, 0) is 0 Å². The topological polar surface area (TPSA) is 38.0 Å². The summed E-state index contributed by atoms with van der Waals surface area (Å²) in [7, 11) is 0. The lowest BCUT2D eigenvalue weighted by atomic mass is 10.8. The van der Waals surface area contributed by atoms with Crippen molar-refractivity contribution in [2.45, 2.75) is 0 Å². The second-order valence-corrected chi connectivity index (χ2v) is 1.97. The van der Waals surface area contributed by atoms with Gasteiger partial charge in [-0.2, -0.15) is 0 Å². The number of hydrogen-bond acceptors (Lipinski definition) is 2. The van der Waals surface area contributed by atoms with Crippen molar-refractivity contribution in [2.24, 2.45) is 5.73 Å². The van der Waals surface area contributed by atoms with Gasteiger partial charge in [0.2, 0.25) is 0 Å².